The number of amides is 1. The highest BCUT2D eigenvalue weighted by molar-refractivity contribution is 5.99. The average molecular weight is 275 g/mol. The summed E-state index contributed by atoms with van der Waals surface area (Å²) in [5.41, 5.74) is 1.64. The van der Waals surface area contributed by atoms with Crippen LogP contribution in [0, 0.1) is 12.8 Å². The highest BCUT2D eigenvalue weighted by atomic mass is 16.4. The van der Waals surface area contributed by atoms with Crippen molar-refractivity contribution in [1.82, 2.24) is 0 Å². The fraction of sp³-hybridized carbons (Fsp3) is 0.500. The molecule has 1 aromatic rings. The molecule has 1 fully saturated rings. The summed E-state index contributed by atoms with van der Waals surface area (Å²) < 4.78 is 0. The molecule has 1 amide bonds. The Bertz CT molecular complexity index is 492. The van der Waals surface area contributed by atoms with E-state index in [1.807, 2.05) is 31.2 Å². The molecule has 1 N–H and O–H groups in total. The van der Waals surface area contributed by atoms with Crippen LogP contribution in [0.1, 0.15) is 37.7 Å². The molecule has 1 saturated carbocycles. The largest absolute Gasteiger partial charge is 0.480 e. The van der Waals surface area contributed by atoms with E-state index in [0.717, 1.165) is 31.2 Å². The number of carboxylic acid groups (broad SMARTS) is 1. The lowest BCUT2D eigenvalue weighted by Crippen LogP contribution is -2.40. The van der Waals surface area contributed by atoms with Crippen molar-refractivity contribution in [2.75, 3.05) is 11.4 Å². The summed E-state index contributed by atoms with van der Waals surface area (Å²) >= 11 is 0. The maximum absolute atomic E-state index is 12.6. The minimum absolute atomic E-state index is 0.0253. The third-order valence-electron chi connectivity index (χ3n) is 3.92. The number of carbonyl (C=O) groups excluding carboxylic acids is 1. The van der Waals surface area contributed by atoms with Crippen LogP contribution in [0.3, 0.4) is 0 Å². The van der Waals surface area contributed by atoms with Gasteiger partial charge in [0.25, 0.3) is 0 Å². The molecule has 0 atom stereocenters. The number of hydrogen-bond acceptors (Lipinski definition) is 2. The van der Waals surface area contributed by atoms with E-state index in [9.17, 15) is 9.59 Å². The number of nitrogens with zero attached hydrogens (tertiary/aromatic N) is 1. The predicted octanol–water partition coefficient (Wildman–Crippen LogP) is 2.99. The summed E-state index contributed by atoms with van der Waals surface area (Å²) in [6.45, 7) is 1.64. The Kier molecular flexibility index (Phi) is 4.77. The van der Waals surface area contributed by atoms with Crippen molar-refractivity contribution in [3.63, 3.8) is 0 Å². The van der Waals surface area contributed by atoms with Gasteiger partial charge in [0.15, 0.2) is 0 Å². The first-order valence-corrected chi connectivity index (χ1v) is 7.18. The van der Waals surface area contributed by atoms with Crippen LogP contribution in [0.2, 0.25) is 0 Å². The van der Waals surface area contributed by atoms with Crippen molar-refractivity contribution in [1.29, 1.82) is 0 Å². The monoisotopic (exact) mass is 275 g/mol. The van der Waals surface area contributed by atoms with Crippen LogP contribution in [-0.2, 0) is 9.59 Å². The number of carboxylic acids is 1. The molecule has 4 nitrogen and oxygen atoms in total. The van der Waals surface area contributed by atoms with E-state index in [4.69, 9.17) is 5.11 Å². The van der Waals surface area contributed by atoms with E-state index in [0.29, 0.717) is 5.69 Å². The van der Waals surface area contributed by atoms with Gasteiger partial charge in [-0.05, 0) is 31.4 Å². The SMILES string of the molecule is Cc1ccccc1N(CC(=O)O)C(=O)C1CCCCC1. The molecule has 0 saturated heterocycles. The van der Waals surface area contributed by atoms with Gasteiger partial charge in [0.2, 0.25) is 5.91 Å². The third kappa shape index (κ3) is 3.38. The molecule has 20 heavy (non-hydrogen) atoms. The summed E-state index contributed by atoms with van der Waals surface area (Å²) in [5, 5.41) is 9.09. The number of rotatable bonds is 4. The van der Waals surface area contributed by atoms with Crippen LogP contribution in [0.4, 0.5) is 5.69 Å². The first-order valence-electron chi connectivity index (χ1n) is 7.18. The van der Waals surface area contributed by atoms with E-state index >= 15 is 0 Å². The molecule has 1 aromatic carbocycles. The second-order valence-corrected chi connectivity index (χ2v) is 5.44. The standard InChI is InChI=1S/C16H21NO3/c1-12-7-5-6-10-14(12)17(11-15(18)19)16(20)13-8-3-2-4-9-13/h5-7,10,13H,2-4,8-9,11H2,1H3,(H,18,19). The zero-order valence-corrected chi connectivity index (χ0v) is 11.8. The smallest absolute Gasteiger partial charge is 0.323 e. The average Bonchev–Trinajstić information content (AvgIpc) is 2.46. The Morgan fingerprint density at radius 2 is 1.85 bits per heavy atom. The van der Waals surface area contributed by atoms with Gasteiger partial charge < -0.3 is 10.0 Å². The molecular formula is C16H21NO3. The molecule has 0 aromatic heterocycles. The summed E-state index contributed by atoms with van der Waals surface area (Å²) in [5.74, 6) is -1.04. The molecule has 0 radical (unpaired) electrons. The lowest BCUT2D eigenvalue weighted by atomic mass is 9.88. The lowest BCUT2D eigenvalue weighted by molar-refractivity contribution is -0.137. The van der Waals surface area contributed by atoms with Gasteiger partial charge >= 0.3 is 5.97 Å². The summed E-state index contributed by atoms with van der Waals surface area (Å²) in [7, 11) is 0. The Morgan fingerprint density at radius 1 is 1.20 bits per heavy atom. The van der Waals surface area contributed by atoms with E-state index in [1.54, 1.807) is 0 Å². The van der Waals surface area contributed by atoms with Gasteiger partial charge in [-0.1, -0.05) is 37.5 Å². The van der Waals surface area contributed by atoms with Gasteiger partial charge in [0, 0.05) is 11.6 Å². The van der Waals surface area contributed by atoms with Crippen molar-refractivity contribution in [3.8, 4) is 0 Å². The van der Waals surface area contributed by atoms with E-state index in [2.05, 4.69) is 0 Å². The van der Waals surface area contributed by atoms with Crippen LogP contribution in [-0.4, -0.2) is 23.5 Å². The third-order valence-corrected chi connectivity index (χ3v) is 3.92. The zero-order chi connectivity index (χ0) is 14.5. The topological polar surface area (TPSA) is 57.6 Å². The van der Waals surface area contributed by atoms with Crippen LogP contribution in [0.15, 0.2) is 24.3 Å². The lowest BCUT2D eigenvalue weighted by Gasteiger charge is -2.29. The van der Waals surface area contributed by atoms with Crippen LogP contribution >= 0.6 is 0 Å². The minimum atomic E-state index is -0.975. The molecule has 0 bridgehead atoms. The minimum Gasteiger partial charge on any atom is -0.480 e. The summed E-state index contributed by atoms with van der Waals surface area (Å²) in [6, 6.07) is 7.45. The second kappa shape index (κ2) is 6.55. The molecule has 2 rings (SSSR count). The van der Waals surface area contributed by atoms with Crippen molar-refractivity contribution in [2.45, 2.75) is 39.0 Å². The highest BCUT2D eigenvalue weighted by Crippen LogP contribution is 2.28. The van der Waals surface area contributed by atoms with Gasteiger partial charge in [0.1, 0.15) is 6.54 Å². The molecule has 0 aliphatic heterocycles. The van der Waals surface area contributed by atoms with Gasteiger partial charge in [-0.15, -0.1) is 0 Å². The molecular weight excluding hydrogens is 254 g/mol. The van der Waals surface area contributed by atoms with Crippen molar-refractivity contribution >= 4 is 17.6 Å². The van der Waals surface area contributed by atoms with E-state index in [1.165, 1.54) is 11.3 Å². The van der Waals surface area contributed by atoms with Gasteiger partial charge in [-0.2, -0.15) is 0 Å². The van der Waals surface area contributed by atoms with Crippen molar-refractivity contribution < 1.29 is 14.7 Å². The Hall–Kier alpha value is -1.84. The molecule has 4 heteroatoms. The van der Waals surface area contributed by atoms with Crippen LogP contribution in [0.5, 0.6) is 0 Å². The predicted molar refractivity (Wildman–Crippen MR) is 77.7 cm³/mol. The Balaban J connectivity index is 2.25. The van der Waals surface area contributed by atoms with Crippen molar-refractivity contribution in [2.24, 2.45) is 5.92 Å². The Morgan fingerprint density at radius 3 is 2.45 bits per heavy atom. The number of anilines is 1. The van der Waals surface area contributed by atoms with Gasteiger partial charge in [-0.3, -0.25) is 9.59 Å². The van der Waals surface area contributed by atoms with Gasteiger partial charge in [-0.25, -0.2) is 0 Å². The number of carbonyl (C=O) groups is 2. The number of aryl methyl sites for hydroxylation is 1. The van der Waals surface area contributed by atoms with E-state index in [-0.39, 0.29) is 18.4 Å². The first kappa shape index (κ1) is 14.6. The van der Waals surface area contributed by atoms with Crippen LogP contribution < -0.4 is 4.90 Å². The summed E-state index contributed by atoms with van der Waals surface area (Å²) in [4.78, 5) is 25.2. The first-order chi connectivity index (χ1) is 9.59. The zero-order valence-electron chi connectivity index (χ0n) is 11.8. The molecule has 0 heterocycles. The molecule has 0 spiro atoms. The number of hydrogen-bond donors (Lipinski definition) is 1. The van der Waals surface area contributed by atoms with Crippen molar-refractivity contribution in [3.05, 3.63) is 29.8 Å². The second-order valence-electron chi connectivity index (χ2n) is 5.44. The molecule has 108 valence electrons. The molecule has 0 unspecified atom stereocenters. The molecule has 1 aliphatic rings. The fourth-order valence-electron chi connectivity index (χ4n) is 2.85. The summed E-state index contributed by atoms with van der Waals surface area (Å²) in [6.07, 6.45) is 5.05. The Labute approximate surface area is 119 Å². The quantitative estimate of drug-likeness (QED) is 0.919. The maximum atomic E-state index is 12.6. The van der Waals surface area contributed by atoms with Gasteiger partial charge in [0.05, 0.1) is 0 Å². The maximum Gasteiger partial charge on any atom is 0.323 e. The van der Waals surface area contributed by atoms with Crippen LogP contribution in [0.25, 0.3) is 0 Å². The number of aliphatic carboxylic acids is 1. The highest BCUT2D eigenvalue weighted by Gasteiger charge is 2.28. The fourth-order valence-corrected chi connectivity index (χ4v) is 2.85. The number of para-hydroxylation sites is 1. The molecule has 1 aliphatic carbocycles. The number of benzene rings is 1. The normalized spacial score (nSPS) is 15.8. The van der Waals surface area contributed by atoms with E-state index < -0.39 is 5.97 Å².